The summed E-state index contributed by atoms with van der Waals surface area (Å²) >= 11 is 11.2. The summed E-state index contributed by atoms with van der Waals surface area (Å²) in [7, 11) is 0. The highest BCUT2D eigenvalue weighted by Crippen LogP contribution is 2.31. The molecule has 3 aromatic rings. The first-order valence-electron chi connectivity index (χ1n) is 11.6. The van der Waals surface area contributed by atoms with Crippen LogP contribution in [0.2, 0.25) is 5.02 Å². The molecule has 0 saturated carbocycles. The van der Waals surface area contributed by atoms with Crippen LogP contribution in [0.5, 0.6) is 0 Å². The molecule has 4 rings (SSSR count). The lowest BCUT2D eigenvalue weighted by molar-refractivity contribution is -0.122. The minimum atomic E-state index is -0.531. The van der Waals surface area contributed by atoms with E-state index in [9.17, 15) is 9.59 Å². The molecule has 1 aromatic heterocycles. The predicted molar refractivity (Wildman–Crippen MR) is 149 cm³/mol. The molecular weight excluding hydrogens is 492 g/mol. The van der Waals surface area contributed by atoms with Crippen LogP contribution in [-0.4, -0.2) is 26.7 Å². The second kappa shape index (κ2) is 9.30. The molecule has 1 N–H and O–H groups in total. The Hall–Kier alpha value is -3.29. The summed E-state index contributed by atoms with van der Waals surface area (Å²) in [5, 5.41) is 8.07. The normalized spacial score (nSPS) is 16.0. The number of hydrogen-bond donors (Lipinski definition) is 1. The van der Waals surface area contributed by atoms with Gasteiger partial charge in [-0.15, -0.1) is 0 Å². The second-order valence-corrected chi connectivity index (χ2v) is 11.7. The number of hydrogen-bond acceptors (Lipinski definition) is 4. The third-order valence-electron chi connectivity index (χ3n) is 5.88. The van der Waals surface area contributed by atoms with E-state index in [4.69, 9.17) is 28.9 Å². The second-order valence-electron chi connectivity index (χ2n) is 10.9. The zero-order valence-electron chi connectivity index (χ0n) is 21.2. The number of nitrogens with zero attached hydrogens (tertiary/aromatic N) is 3. The first-order chi connectivity index (χ1) is 16.8. The Kier molecular flexibility index (Phi) is 6.66. The average Bonchev–Trinajstić information content (AvgIpc) is 3.25. The number of carbonyl (C=O) groups excluding carboxylic acids is 2. The lowest BCUT2D eigenvalue weighted by Crippen LogP contribution is -2.54. The molecule has 0 aliphatic carbocycles. The van der Waals surface area contributed by atoms with E-state index >= 15 is 0 Å². The Bertz CT molecular complexity index is 1370. The highest BCUT2D eigenvalue weighted by Gasteiger charge is 2.34. The summed E-state index contributed by atoms with van der Waals surface area (Å²) in [6.45, 7) is 12.9. The van der Waals surface area contributed by atoms with Crippen LogP contribution in [0.3, 0.4) is 0 Å². The van der Waals surface area contributed by atoms with Crippen molar-refractivity contribution in [2.75, 3.05) is 4.90 Å². The van der Waals surface area contributed by atoms with Crippen LogP contribution in [0, 0.1) is 0 Å². The number of carbonyl (C=O) groups is 2. The molecule has 0 atom stereocenters. The maximum Gasteiger partial charge on any atom is 0.270 e. The summed E-state index contributed by atoms with van der Waals surface area (Å²) in [5.74, 6) is -1.02. The van der Waals surface area contributed by atoms with E-state index < -0.39 is 11.8 Å². The first-order valence-corrected chi connectivity index (χ1v) is 12.4. The van der Waals surface area contributed by atoms with Crippen molar-refractivity contribution in [3.63, 3.8) is 0 Å². The van der Waals surface area contributed by atoms with Crippen LogP contribution in [0.1, 0.15) is 58.5 Å². The fourth-order valence-electron chi connectivity index (χ4n) is 3.84. The summed E-state index contributed by atoms with van der Waals surface area (Å²) in [6.07, 6.45) is 1.57. The Labute approximate surface area is 221 Å². The molecule has 1 saturated heterocycles. The highest BCUT2D eigenvalue weighted by atomic mass is 35.5. The Morgan fingerprint density at radius 3 is 2.03 bits per heavy atom. The maximum absolute atomic E-state index is 13.2. The van der Waals surface area contributed by atoms with Gasteiger partial charge in [-0.3, -0.25) is 19.8 Å². The van der Waals surface area contributed by atoms with Gasteiger partial charge >= 0.3 is 0 Å². The maximum atomic E-state index is 13.2. The largest absolute Gasteiger partial charge is 0.298 e. The highest BCUT2D eigenvalue weighted by molar-refractivity contribution is 7.80. The fraction of sp³-hybridized carbons (Fsp3) is 0.286. The molecule has 0 spiro atoms. The minimum absolute atomic E-state index is 0.00390. The number of anilines is 1. The quantitative estimate of drug-likeness (QED) is 0.263. The number of benzene rings is 2. The SMILES string of the molecule is CC(C)(C)c1cc(C(C)(C)C)n(-c2ccc(/C=C3\C(=O)NC(=S)N(c4ccc(Cl)cc4)C3=O)cc2)n1. The topological polar surface area (TPSA) is 67.2 Å². The molecule has 2 aromatic carbocycles. The molecule has 6 nitrogen and oxygen atoms in total. The van der Waals surface area contributed by atoms with Gasteiger partial charge in [0.05, 0.1) is 17.1 Å². The molecule has 2 heterocycles. The van der Waals surface area contributed by atoms with Crippen LogP contribution in [0.15, 0.2) is 60.2 Å². The average molecular weight is 521 g/mol. The standard InChI is InChI=1S/C28H29ClN4O2S/c1-27(2,3)22-16-23(28(4,5)6)33(31-22)20-11-7-17(8-12-20)15-21-24(34)30-26(36)32(25(21)35)19-13-9-18(29)10-14-19/h7-16H,1-6H3,(H,30,34,36)/b21-15+. The Balaban J connectivity index is 1.68. The Morgan fingerprint density at radius 1 is 0.889 bits per heavy atom. The molecular formula is C28H29ClN4O2S. The predicted octanol–water partition coefficient (Wildman–Crippen LogP) is 5.95. The summed E-state index contributed by atoms with van der Waals surface area (Å²) < 4.78 is 1.97. The zero-order chi connectivity index (χ0) is 26.4. The summed E-state index contributed by atoms with van der Waals surface area (Å²) in [4.78, 5) is 27.2. The Morgan fingerprint density at radius 2 is 1.47 bits per heavy atom. The van der Waals surface area contributed by atoms with Crippen molar-refractivity contribution in [1.29, 1.82) is 0 Å². The molecule has 0 radical (unpaired) electrons. The molecule has 1 aliphatic heterocycles. The van der Waals surface area contributed by atoms with Crippen LogP contribution < -0.4 is 10.2 Å². The van der Waals surface area contributed by atoms with Crippen molar-refractivity contribution in [3.8, 4) is 5.69 Å². The molecule has 0 bridgehead atoms. The van der Waals surface area contributed by atoms with Crippen molar-refractivity contribution in [2.45, 2.75) is 52.4 Å². The summed E-state index contributed by atoms with van der Waals surface area (Å²) in [5.41, 5.74) is 4.07. The monoisotopic (exact) mass is 520 g/mol. The molecule has 0 unspecified atom stereocenters. The number of halogens is 1. The van der Waals surface area contributed by atoms with Gasteiger partial charge in [-0.25, -0.2) is 4.68 Å². The van der Waals surface area contributed by atoms with Gasteiger partial charge in [0.1, 0.15) is 5.57 Å². The van der Waals surface area contributed by atoms with Crippen LogP contribution in [0.25, 0.3) is 11.8 Å². The van der Waals surface area contributed by atoms with Gasteiger partial charge in [0.25, 0.3) is 11.8 Å². The van der Waals surface area contributed by atoms with E-state index in [1.54, 1.807) is 30.3 Å². The fourth-order valence-corrected chi connectivity index (χ4v) is 4.25. The van der Waals surface area contributed by atoms with Crippen molar-refractivity contribution in [1.82, 2.24) is 15.1 Å². The van der Waals surface area contributed by atoms with E-state index in [0.29, 0.717) is 16.3 Å². The van der Waals surface area contributed by atoms with E-state index in [0.717, 1.165) is 17.1 Å². The smallest absolute Gasteiger partial charge is 0.270 e. The van der Waals surface area contributed by atoms with Gasteiger partial charge in [-0.1, -0.05) is 65.3 Å². The van der Waals surface area contributed by atoms with Crippen molar-refractivity contribution >= 4 is 52.5 Å². The van der Waals surface area contributed by atoms with Gasteiger partial charge < -0.3 is 0 Å². The molecule has 1 aliphatic rings. The van der Waals surface area contributed by atoms with Crippen molar-refractivity contribution in [2.24, 2.45) is 0 Å². The lowest BCUT2D eigenvalue weighted by Gasteiger charge is -2.29. The number of amides is 2. The van der Waals surface area contributed by atoms with Crippen molar-refractivity contribution < 1.29 is 9.59 Å². The van der Waals surface area contributed by atoms with Crippen LogP contribution >= 0.6 is 23.8 Å². The molecule has 2 amide bonds. The van der Waals surface area contributed by atoms with E-state index in [-0.39, 0.29) is 21.5 Å². The first kappa shape index (κ1) is 25.8. The lowest BCUT2D eigenvalue weighted by atomic mass is 9.88. The zero-order valence-corrected chi connectivity index (χ0v) is 22.8. The van der Waals surface area contributed by atoms with Gasteiger partial charge in [0, 0.05) is 21.5 Å². The molecule has 36 heavy (non-hydrogen) atoms. The van der Waals surface area contributed by atoms with Gasteiger partial charge in [0.2, 0.25) is 0 Å². The third kappa shape index (κ3) is 5.13. The number of thiocarbonyl (C=S) groups is 1. The van der Waals surface area contributed by atoms with Gasteiger partial charge in [-0.2, -0.15) is 5.10 Å². The number of rotatable bonds is 3. The van der Waals surface area contributed by atoms with E-state index in [1.165, 1.54) is 4.90 Å². The molecule has 186 valence electrons. The third-order valence-corrected chi connectivity index (χ3v) is 6.42. The molecule has 8 heteroatoms. The minimum Gasteiger partial charge on any atom is -0.298 e. The number of aromatic nitrogens is 2. The molecule has 1 fully saturated rings. The van der Waals surface area contributed by atoms with Crippen molar-refractivity contribution in [3.05, 3.63) is 82.1 Å². The van der Waals surface area contributed by atoms with Crippen LogP contribution in [-0.2, 0) is 20.4 Å². The van der Waals surface area contributed by atoms with Gasteiger partial charge in [-0.05, 0) is 66.3 Å². The summed E-state index contributed by atoms with van der Waals surface area (Å²) in [6, 6.07) is 16.5. The van der Waals surface area contributed by atoms with E-state index in [2.05, 4.69) is 52.9 Å². The van der Waals surface area contributed by atoms with E-state index in [1.807, 2.05) is 28.9 Å². The number of nitrogens with one attached hydrogen (secondary N) is 1. The van der Waals surface area contributed by atoms with Crippen LogP contribution in [0.4, 0.5) is 5.69 Å². The van der Waals surface area contributed by atoms with Gasteiger partial charge in [0.15, 0.2) is 5.11 Å².